The van der Waals surface area contributed by atoms with Gasteiger partial charge in [0.2, 0.25) is 0 Å². The maximum absolute atomic E-state index is 12.6. The van der Waals surface area contributed by atoms with Crippen molar-refractivity contribution in [2.24, 2.45) is 0 Å². The summed E-state index contributed by atoms with van der Waals surface area (Å²) in [6.07, 6.45) is 0. The first-order chi connectivity index (χ1) is 12.5. The molecule has 0 radical (unpaired) electrons. The van der Waals surface area contributed by atoms with Gasteiger partial charge in [-0.15, -0.1) is 0 Å². The molecule has 3 aromatic rings. The van der Waals surface area contributed by atoms with Crippen molar-refractivity contribution in [1.29, 1.82) is 0 Å². The molecule has 0 saturated heterocycles. The molecule has 0 unspecified atom stereocenters. The summed E-state index contributed by atoms with van der Waals surface area (Å²) in [4.78, 5) is 26.7. The minimum Gasteiger partial charge on any atom is -0.369 e. The standard InChI is InChI=1S/C20H22N4O2/c1-4-24(13(2)3)15-11-9-14(10-12-15)21-20(26)18-16-7-5-6-8-17(16)19(25)23-22-18/h5-13H,4H2,1-3H3,(H,21,26)(H,23,25). The SMILES string of the molecule is CCN(c1ccc(NC(=O)c2n[nH]c(=O)c3ccccc23)cc1)C(C)C. The number of hydrogen-bond donors (Lipinski definition) is 2. The Bertz CT molecular complexity index is 977. The highest BCUT2D eigenvalue weighted by Crippen LogP contribution is 2.21. The van der Waals surface area contributed by atoms with Gasteiger partial charge in [0.1, 0.15) is 0 Å². The second-order valence-electron chi connectivity index (χ2n) is 6.33. The molecule has 0 fully saturated rings. The average molecular weight is 350 g/mol. The van der Waals surface area contributed by atoms with Crippen molar-refractivity contribution in [1.82, 2.24) is 10.2 Å². The lowest BCUT2D eigenvalue weighted by Gasteiger charge is -2.27. The van der Waals surface area contributed by atoms with Crippen LogP contribution in [0.1, 0.15) is 31.3 Å². The molecule has 1 heterocycles. The quantitative estimate of drug-likeness (QED) is 0.739. The summed E-state index contributed by atoms with van der Waals surface area (Å²) in [6.45, 7) is 7.32. The van der Waals surface area contributed by atoms with Gasteiger partial charge in [-0.2, -0.15) is 5.10 Å². The zero-order valence-corrected chi connectivity index (χ0v) is 15.1. The average Bonchev–Trinajstić information content (AvgIpc) is 2.64. The van der Waals surface area contributed by atoms with E-state index in [4.69, 9.17) is 0 Å². The van der Waals surface area contributed by atoms with E-state index in [9.17, 15) is 9.59 Å². The predicted molar refractivity (Wildman–Crippen MR) is 105 cm³/mol. The van der Waals surface area contributed by atoms with Crippen LogP contribution in [0.15, 0.2) is 53.3 Å². The Morgan fingerprint density at radius 3 is 2.38 bits per heavy atom. The molecule has 0 bridgehead atoms. The summed E-state index contributed by atoms with van der Waals surface area (Å²) in [7, 11) is 0. The van der Waals surface area contributed by atoms with Crippen LogP contribution in [0, 0.1) is 0 Å². The number of aromatic amines is 1. The number of fused-ring (bicyclic) bond motifs is 1. The molecule has 3 rings (SSSR count). The summed E-state index contributed by atoms with van der Waals surface area (Å²) in [5, 5.41) is 10.1. The molecule has 1 amide bonds. The lowest BCUT2D eigenvalue weighted by Crippen LogP contribution is -2.30. The zero-order valence-electron chi connectivity index (χ0n) is 15.1. The number of aromatic nitrogens is 2. The Labute approximate surface area is 151 Å². The highest BCUT2D eigenvalue weighted by atomic mass is 16.2. The number of hydrogen-bond acceptors (Lipinski definition) is 4. The molecule has 134 valence electrons. The summed E-state index contributed by atoms with van der Waals surface area (Å²) in [5.74, 6) is -0.360. The van der Waals surface area contributed by atoms with Gasteiger partial charge in [-0.3, -0.25) is 9.59 Å². The van der Waals surface area contributed by atoms with Crippen LogP contribution in [0.4, 0.5) is 11.4 Å². The third-order valence-electron chi connectivity index (χ3n) is 4.33. The fourth-order valence-corrected chi connectivity index (χ4v) is 3.06. The number of H-pyrrole nitrogens is 1. The van der Waals surface area contributed by atoms with Gasteiger partial charge in [0, 0.05) is 29.3 Å². The first-order valence-electron chi connectivity index (χ1n) is 8.66. The van der Waals surface area contributed by atoms with E-state index >= 15 is 0 Å². The molecule has 0 aliphatic carbocycles. The van der Waals surface area contributed by atoms with E-state index in [1.165, 1.54) is 0 Å². The molecule has 6 heteroatoms. The Morgan fingerprint density at radius 2 is 1.77 bits per heavy atom. The highest BCUT2D eigenvalue weighted by Gasteiger charge is 2.14. The Morgan fingerprint density at radius 1 is 1.12 bits per heavy atom. The van der Waals surface area contributed by atoms with E-state index in [1.807, 2.05) is 24.3 Å². The van der Waals surface area contributed by atoms with Crippen LogP contribution in [-0.2, 0) is 0 Å². The normalized spacial score (nSPS) is 10.9. The van der Waals surface area contributed by atoms with E-state index in [2.05, 4.69) is 41.2 Å². The van der Waals surface area contributed by atoms with Crippen molar-refractivity contribution in [2.75, 3.05) is 16.8 Å². The number of carbonyl (C=O) groups excluding carboxylic acids is 1. The first-order valence-corrected chi connectivity index (χ1v) is 8.66. The number of rotatable bonds is 5. The Balaban J connectivity index is 1.85. The molecule has 2 N–H and O–H groups in total. The van der Waals surface area contributed by atoms with Crippen molar-refractivity contribution in [3.05, 3.63) is 64.6 Å². The zero-order chi connectivity index (χ0) is 18.7. The molecule has 6 nitrogen and oxygen atoms in total. The van der Waals surface area contributed by atoms with E-state index in [-0.39, 0.29) is 17.2 Å². The lowest BCUT2D eigenvalue weighted by molar-refractivity contribution is 0.102. The summed E-state index contributed by atoms with van der Waals surface area (Å²) >= 11 is 0. The van der Waals surface area contributed by atoms with E-state index in [0.717, 1.165) is 12.2 Å². The van der Waals surface area contributed by atoms with Gasteiger partial charge in [-0.1, -0.05) is 18.2 Å². The maximum atomic E-state index is 12.6. The van der Waals surface area contributed by atoms with Gasteiger partial charge in [-0.25, -0.2) is 5.10 Å². The smallest absolute Gasteiger partial charge is 0.276 e. The van der Waals surface area contributed by atoms with Crippen LogP contribution in [-0.4, -0.2) is 28.7 Å². The monoisotopic (exact) mass is 350 g/mol. The number of nitrogens with zero attached hydrogens (tertiary/aromatic N) is 2. The number of benzene rings is 2. The topological polar surface area (TPSA) is 78.1 Å². The Kier molecular flexibility index (Phi) is 5.02. The van der Waals surface area contributed by atoms with Crippen molar-refractivity contribution in [3.63, 3.8) is 0 Å². The highest BCUT2D eigenvalue weighted by molar-refractivity contribution is 6.11. The van der Waals surface area contributed by atoms with Gasteiger partial charge in [-0.05, 0) is 51.1 Å². The molecule has 0 spiro atoms. The molecule has 1 aromatic heterocycles. The number of carbonyl (C=O) groups is 1. The largest absolute Gasteiger partial charge is 0.369 e. The van der Waals surface area contributed by atoms with Crippen molar-refractivity contribution in [3.8, 4) is 0 Å². The number of nitrogens with one attached hydrogen (secondary N) is 2. The van der Waals surface area contributed by atoms with Crippen molar-refractivity contribution >= 4 is 28.1 Å². The third kappa shape index (κ3) is 3.44. The Hall–Kier alpha value is -3.15. The summed E-state index contributed by atoms with van der Waals surface area (Å²) < 4.78 is 0. The maximum Gasteiger partial charge on any atom is 0.276 e. The molecular formula is C20H22N4O2. The van der Waals surface area contributed by atoms with Crippen LogP contribution >= 0.6 is 0 Å². The fraction of sp³-hybridized carbons (Fsp3) is 0.250. The van der Waals surface area contributed by atoms with Gasteiger partial charge in [0.05, 0.1) is 5.39 Å². The summed E-state index contributed by atoms with van der Waals surface area (Å²) in [5.41, 5.74) is 1.67. The predicted octanol–water partition coefficient (Wildman–Crippen LogP) is 3.41. The van der Waals surface area contributed by atoms with Gasteiger partial charge < -0.3 is 10.2 Å². The van der Waals surface area contributed by atoms with Gasteiger partial charge in [0.25, 0.3) is 11.5 Å². The van der Waals surface area contributed by atoms with Crippen LogP contribution in [0.2, 0.25) is 0 Å². The fourth-order valence-electron chi connectivity index (χ4n) is 3.06. The first kappa shape index (κ1) is 17.7. The van der Waals surface area contributed by atoms with Gasteiger partial charge >= 0.3 is 0 Å². The minimum atomic E-state index is -0.360. The van der Waals surface area contributed by atoms with E-state index in [1.54, 1.807) is 24.3 Å². The molecule has 0 saturated carbocycles. The third-order valence-corrected chi connectivity index (χ3v) is 4.33. The van der Waals surface area contributed by atoms with Crippen LogP contribution in [0.5, 0.6) is 0 Å². The lowest BCUT2D eigenvalue weighted by atomic mass is 10.1. The van der Waals surface area contributed by atoms with Crippen molar-refractivity contribution in [2.45, 2.75) is 26.8 Å². The molecule has 26 heavy (non-hydrogen) atoms. The van der Waals surface area contributed by atoms with E-state index < -0.39 is 0 Å². The molecule has 2 aromatic carbocycles. The number of anilines is 2. The molecular weight excluding hydrogens is 328 g/mol. The minimum absolute atomic E-state index is 0.196. The molecule has 0 atom stereocenters. The van der Waals surface area contributed by atoms with Crippen LogP contribution < -0.4 is 15.8 Å². The second-order valence-corrected chi connectivity index (χ2v) is 6.33. The van der Waals surface area contributed by atoms with E-state index in [0.29, 0.717) is 22.5 Å². The number of amides is 1. The van der Waals surface area contributed by atoms with Gasteiger partial charge in [0.15, 0.2) is 5.69 Å². The van der Waals surface area contributed by atoms with Crippen LogP contribution in [0.3, 0.4) is 0 Å². The summed E-state index contributed by atoms with van der Waals surface area (Å²) in [6, 6.07) is 15.0. The second kappa shape index (κ2) is 7.39. The molecule has 0 aliphatic heterocycles. The molecule has 0 aliphatic rings. The van der Waals surface area contributed by atoms with Crippen LogP contribution in [0.25, 0.3) is 10.8 Å². The van der Waals surface area contributed by atoms with Crippen molar-refractivity contribution < 1.29 is 4.79 Å².